The van der Waals surface area contributed by atoms with Crippen LogP contribution in [-0.4, -0.2) is 0 Å². The van der Waals surface area contributed by atoms with Crippen molar-refractivity contribution in [1.29, 1.82) is 0 Å². The molecule has 11 heavy (non-hydrogen) atoms. The fourth-order valence-electron chi connectivity index (χ4n) is 0.651. The molecule has 1 aromatic carbocycles. The Balaban J connectivity index is 0.000000461. The molecule has 0 amide bonds. The third kappa shape index (κ3) is 4.95. The second-order valence-electron chi connectivity index (χ2n) is 1.88. The molecule has 0 unspecified atom stereocenters. The maximum absolute atomic E-state index is 5.65. The van der Waals surface area contributed by atoms with Crippen molar-refractivity contribution in [2.45, 2.75) is 6.42 Å². The normalized spacial score (nSPS) is 8.45. The van der Waals surface area contributed by atoms with E-state index in [2.05, 4.69) is 20.5 Å². The topological polar surface area (TPSA) is 0 Å². The van der Waals surface area contributed by atoms with Crippen molar-refractivity contribution in [3.63, 3.8) is 0 Å². The van der Waals surface area contributed by atoms with Gasteiger partial charge in [0.1, 0.15) is 0 Å². The zero-order valence-electron chi connectivity index (χ0n) is 6.19. The van der Waals surface area contributed by atoms with Gasteiger partial charge in [-0.15, -0.1) is 0 Å². The van der Waals surface area contributed by atoms with Gasteiger partial charge in [-0.1, -0.05) is 29.3 Å². The van der Waals surface area contributed by atoms with Gasteiger partial charge in [-0.25, -0.2) is 0 Å². The van der Waals surface area contributed by atoms with E-state index in [1.165, 1.54) is 21.9 Å². The van der Waals surface area contributed by atoms with Crippen molar-refractivity contribution in [3.8, 4) is 0 Å². The van der Waals surface area contributed by atoms with E-state index in [0.29, 0.717) is 0 Å². The molecule has 0 aromatic heterocycles. The molecule has 0 radical (unpaired) electrons. The summed E-state index contributed by atoms with van der Waals surface area (Å²) in [6, 6.07) is 7.72. The van der Waals surface area contributed by atoms with E-state index in [9.17, 15) is 0 Å². The Morgan fingerprint density at radius 1 is 1.27 bits per heavy atom. The molecule has 0 bridgehead atoms. The van der Waals surface area contributed by atoms with Crippen molar-refractivity contribution < 1.29 is 16.3 Å². The first-order valence-electron chi connectivity index (χ1n) is 3.13. The molecule has 0 nitrogen and oxygen atoms in total. The average molecular weight is 285 g/mol. The fraction of sp³-hybridized carbons (Fsp3) is 0.125. The molecule has 1 aromatic rings. The first-order chi connectivity index (χ1) is 5.33. The standard InChI is InChI=1S/C8H8Cl.BrH.Zn/c1-2-7-3-5-8(9)6-4-7;;/h3-6H,1-2H2;1H;/q-1;;+2/p-1. The Bertz CT molecular complexity index is 186. The summed E-state index contributed by atoms with van der Waals surface area (Å²) in [5, 5.41) is 0.784. The molecule has 0 aliphatic heterocycles. The van der Waals surface area contributed by atoms with Gasteiger partial charge >= 0.3 is 30.0 Å². The molecule has 0 saturated heterocycles. The van der Waals surface area contributed by atoms with Crippen LogP contribution in [0.25, 0.3) is 0 Å². The first kappa shape index (κ1) is 11.6. The summed E-state index contributed by atoms with van der Waals surface area (Å²) in [4.78, 5) is 0. The van der Waals surface area contributed by atoms with Gasteiger partial charge in [0.15, 0.2) is 0 Å². The summed E-state index contributed by atoms with van der Waals surface area (Å²) in [5.41, 5.74) is 1.22. The number of hydrogen-bond acceptors (Lipinski definition) is 0. The Morgan fingerprint density at radius 3 is 2.09 bits per heavy atom. The summed E-state index contributed by atoms with van der Waals surface area (Å²) >= 11 is 9.90. The predicted molar refractivity (Wildman–Crippen MR) is 49.4 cm³/mol. The fourth-order valence-corrected chi connectivity index (χ4v) is 0.777. The van der Waals surface area contributed by atoms with Crippen molar-refractivity contribution in [3.05, 3.63) is 41.8 Å². The van der Waals surface area contributed by atoms with Crippen molar-refractivity contribution in [2.75, 3.05) is 0 Å². The van der Waals surface area contributed by atoms with Crippen LogP contribution in [0.3, 0.4) is 0 Å². The molecule has 0 spiro atoms. The molecule has 3 heteroatoms. The number of halogens is 2. The number of hydrogen-bond donors (Lipinski definition) is 0. The maximum atomic E-state index is 5.65. The van der Waals surface area contributed by atoms with Gasteiger partial charge in [-0.3, -0.25) is 0 Å². The predicted octanol–water partition coefficient (Wildman–Crippen LogP) is 3.56. The zero-order valence-corrected chi connectivity index (χ0v) is 11.5. The molecule has 0 saturated carbocycles. The van der Waals surface area contributed by atoms with Gasteiger partial charge in [0.05, 0.1) is 0 Å². The Kier molecular flexibility index (Phi) is 7.68. The monoisotopic (exact) mass is 282 g/mol. The quantitative estimate of drug-likeness (QED) is 0.546. The zero-order chi connectivity index (χ0) is 8.69. The third-order valence-electron chi connectivity index (χ3n) is 1.20. The van der Waals surface area contributed by atoms with E-state index < -0.39 is 0 Å². The van der Waals surface area contributed by atoms with Crippen LogP contribution in [0, 0.1) is 6.92 Å². The van der Waals surface area contributed by atoms with Crippen molar-refractivity contribution in [2.24, 2.45) is 0 Å². The van der Waals surface area contributed by atoms with Gasteiger partial charge in [-0.2, -0.15) is 6.42 Å². The van der Waals surface area contributed by atoms with E-state index >= 15 is 0 Å². The van der Waals surface area contributed by atoms with E-state index in [-0.39, 0.29) is 0 Å². The first-order valence-corrected chi connectivity index (χ1v) is 10.5. The Morgan fingerprint density at radius 2 is 1.73 bits per heavy atom. The average Bonchev–Trinajstić information content (AvgIpc) is 2.10. The summed E-state index contributed by atoms with van der Waals surface area (Å²) in [7, 11) is 0. The molecule has 1 rings (SSSR count). The molecule has 0 aliphatic carbocycles. The van der Waals surface area contributed by atoms with Gasteiger partial charge in [0.2, 0.25) is 0 Å². The molecule has 0 aliphatic rings. The second kappa shape index (κ2) is 7.27. The Labute approximate surface area is 89.4 Å². The van der Waals surface area contributed by atoms with Crippen LogP contribution in [0.5, 0.6) is 0 Å². The van der Waals surface area contributed by atoms with E-state index in [1.54, 1.807) is 0 Å². The minimum absolute atomic E-state index is 0.784. The van der Waals surface area contributed by atoms with Crippen LogP contribution < -0.4 is 0 Å². The van der Waals surface area contributed by atoms with Crippen molar-refractivity contribution >= 4 is 25.2 Å². The molecule has 0 fully saturated rings. The van der Waals surface area contributed by atoms with Gasteiger partial charge in [0, 0.05) is 5.02 Å². The van der Waals surface area contributed by atoms with E-state index in [1.807, 2.05) is 24.3 Å². The SMILES string of the molecule is [CH2-]Cc1ccc(Cl)cc1.[Zn+][Br]. The van der Waals surface area contributed by atoms with Crippen LogP contribution in [0.4, 0.5) is 0 Å². The summed E-state index contributed by atoms with van der Waals surface area (Å²) < 4.78 is 0. The third-order valence-corrected chi connectivity index (χ3v) is 1.45. The van der Waals surface area contributed by atoms with Gasteiger partial charge in [0.25, 0.3) is 0 Å². The van der Waals surface area contributed by atoms with E-state index in [0.717, 1.165) is 11.4 Å². The molecule has 0 heterocycles. The molecular formula is C8H8BrClZn. The Hall–Kier alpha value is 0.613. The molecule has 0 N–H and O–H groups in total. The summed E-state index contributed by atoms with van der Waals surface area (Å²) in [5.74, 6) is 0. The molecule has 0 atom stereocenters. The van der Waals surface area contributed by atoms with Crippen LogP contribution in [0.15, 0.2) is 24.3 Å². The van der Waals surface area contributed by atoms with Gasteiger partial charge < -0.3 is 6.92 Å². The van der Waals surface area contributed by atoms with Gasteiger partial charge in [-0.05, 0) is 12.1 Å². The van der Waals surface area contributed by atoms with Crippen LogP contribution in [0.1, 0.15) is 5.56 Å². The van der Waals surface area contributed by atoms with Crippen LogP contribution >= 0.6 is 25.2 Å². The molecular weight excluding hydrogens is 277 g/mol. The van der Waals surface area contributed by atoms with Crippen molar-refractivity contribution in [1.82, 2.24) is 0 Å². The summed E-state index contributed by atoms with van der Waals surface area (Å²) in [6.45, 7) is 3.74. The minimum atomic E-state index is 0.784. The van der Waals surface area contributed by atoms with Crippen LogP contribution in [-0.2, 0) is 22.8 Å². The molecule has 56 valence electrons. The number of rotatable bonds is 1. The number of benzene rings is 1. The van der Waals surface area contributed by atoms with Crippen LogP contribution in [0.2, 0.25) is 5.02 Å². The summed E-state index contributed by atoms with van der Waals surface area (Å²) in [6.07, 6.45) is 0.831. The van der Waals surface area contributed by atoms with E-state index in [4.69, 9.17) is 11.6 Å². The second-order valence-corrected chi connectivity index (χ2v) is 2.31.